The van der Waals surface area contributed by atoms with Crippen LogP contribution in [0.25, 0.3) is 33.4 Å². The third-order valence-corrected chi connectivity index (χ3v) is 3.82. The Morgan fingerprint density at radius 1 is 1.04 bits per heavy atom. The standard InChI is InChI=1S/C17H14N6O/c1-24-12-4-2-3-11(9-12)15-13(10-5-7-19-8-6-10)14-16(18)21-23-17(14)22-20-15/h2-9H,1H3,(H3,18,21,22,23). The summed E-state index contributed by atoms with van der Waals surface area (Å²) in [7, 11) is 1.63. The van der Waals surface area contributed by atoms with Crippen LogP contribution in [0.5, 0.6) is 5.75 Å². The van der Waals surface area contributed by atoms with Crippen LogP contribution in [-0.4, -0.2) is 32.5 Å². The Morgan fingerprint density at radius 2 is 1.88 bits per heavy atom. The first-order valence-electron chi connectivity index (χ1n) is 7.33. The highest BCUT2D eigenvalue weighted by atomic mass is 16.5. The van der Waals surface area contributed by atoms with Gasteiger partial charge in [0.05, 0.1) is 12.5 Å². The summed E-state index contributed by atoms with van der Waals surface area (Å²) in [5.41, 5.74) is 9.97. The predicted molar refractivity (Wildman–Crippen MR) is 91.3 cm³/mol. The van der Waals surface area contributed by atoms with Gasteiger partial charge in [-0.05, 0) is 29.8 Å². The number of benzene rings is 1. The molecule has 1 aromatic carbocycles. The first kappa shape index (κ1) is 14.1. The minimum atomic E-state index is 0.454. The molecule has 0 bridgehead atoms. The van der Waals surface area contributed by atoms with Gasteiger partial charge in [-0.15, -0.1) is 10.2 Å². The molecule has 0 saturated heterocycles. The van der Waals surface area contributed by atoms with E-state index in [-0.39, 0.29) is 0 Å². The van der Waals surface area contributed by atoms with Crippen LogP contribution in [0.2, 0.25) is 0 Å². The molecule has 0 aliphatic rings. The van der Waals surface area contributed by atoms with Crippen LogP contribution >= 0.6 is 0 Å². The van der Waals surface area contributed by atoms with Gasteiger partial charge in [-0.3, -0.25) is 10.1 Å². The highest BCUT2D eigenvalue weighted by Gasteiger charge is 2.18. The van der Waals surface area contributed by atoms with E-state index >= 15 is 0 Å². The van der Waals surface area contributed by atoms with Crippen molar-refractivity contribution in [1.82, 2.24) is 25.4 Å². The van der Waals surface area contributed by atoms with Crippen molar-refractivity contribution in [3.05, 3.63) is 48.8 Å². The number of pyridine rings is 1. The van der Waals surface area contributed by atoms with Crippen molar-refractivity contribution in [3.8, 4) is 28.1 Å². The number of anilines is 1. The van der Waals surface area contributed by atoms with Gasteiger partial charge in [0.25, 0.3) is 0 Å². The average molecular weight is 318 g/mol. The van der Waals surface area contributed by atoms with E-state index in [9.17, 15) is 0 Å². The van der Waals surface area contributed by atoms with Crippen molar-refractivity contribution in [1.29, 1.82) is 0 Å². The summed E-state index contributed by atoms with van der Waals surface area (Å²) in [6.45, 7) is 0. The summed E-state index contributed by atoms with van der Waals surface area (Å²) in [5.74, 6) is 1.20. The van der Waals surface area contributed by atoms with E-state index in [1.54, 1.807) is 19.5 Å². The zero-order chi connectivity index (χ0) is 16.5. The maximum atomic E-state index is 6.09. The zero-order valence-electron chi connectivity index (χ0n) is 12.9. The van der Waals surface area contributed by atoms with Crippen LogP contribution < -0.4 is 10.5 Å². The molecule has 0 fully saturated rings. The lowest BCUT2D eigenvalue weighted by atomic mass is 9.98. The number of H-pyrrole nitrogens is 1. The maximum absolute atomic E-state index is 6.09. The largest absolute Gasteiger partial charge is 0.497 e. The molecule has 3 aromatic heterocycles. The molecule has 0 amide bonds. The lowest BCUT2D eigenvalue weighted by Crippen LogP contribution is -1.96. The number of methoxy groups -OCH3 is 1. The van der Waals surface area contributed by atoms with Gasteiger partial charge >= 0.3 is 0 Å². The molecule has 0 unspecified atom stereocenters. The van der Waals surface area contributed by atoms with Crippen molar-refractivity contribution >= 4 is 16.9 Å². The van der Waals surface area contributed by atoms with Crippen LogP contribution in [0.4, 0.5) is 5.82 Å². The monoisotopic (exact) mass is 318 g/mol. The number of rotatable bonds is 3. The molecule has 0 saturated carbocycles. The molecule has 7 nitrogen and oxygen atoms in total. The molecule has 4 rings (SSSR count). The van der Waals surface area contributed by atoms with Crippen LogP contribution in [-0.2, 0) is 0 Å². The minimum Gasteiger partial charge on any atom is -0.497 e. The summed E-state index contributed by atoms with van der Waals surface area (Å²) in [5, 5.41) is 16.2. The molecule has 0 radical (unpaired) electrons. The Hall–Kier alpha value is -3.48. The number of hydrogen-bond acceptors (Lipinski definition) is 6. The van der Waals surface area contributed by atoms with Crippen molar-refractivity contribution in [2.75, 3.05) is 12.8 Å². The number of nitrogens with one attached hydrogen (secondary N) is 1. The first-order valence-corrected chi connectivity index (χ1v) is 7.33. The third kappa shape index (κ3) is 2.23. The number of fused-ring (bicyclic) bond motifs is 1. The average Bonchev–Trinajstić information content (AvgIpc) is 3.03. The van der Waals surface area contributed by atoms with Gasteiger partial charge in [-0.1, -0.05) is 12.1 Å². The van der Waals surface area contributed by atoms with Crippen LogP contribution in [0.1, 0.15) is 0 Å². The summed E-state index contributed by atoms with van der Waals surface area (Å²) < 4.78 is 5.32. The SMILES string of the molecule is COc1cccc(-c2nnc3n[nH]c(N)c3c2-c2ccncc2)c1. The Bertz CT molecular complexity index is 1010. The van der Waals surface area contributed by atoms with Crippen LogP contribution in [0.15, 0.2) is 48.8 Å². The lowest BCUT2D eigenvalue weighted by molar-refractivity contribution is 0.415. The number of nitrogens with two attached hydrogens (primary N) is 1. The Kier molecular flexibility index (Phi) is 3.31. The second-order valence-electron chi connectivity index (χ2n) is 5.23. The summed E-state index contributed by atoms with van der Waals surface area (Å²) in [4.78, 5) is 4.08. The number of nitrogens with zero attached hydrogens (tertiary/aromatic N) is 4. The van der Waals surface area contributed by atoms with Crippen molar-refractivity contribution in [3.63, 3.8) is 0 Å². The first-order chi connectivity index (χ1) is 11.8. The molecule has 0 aliphatic carbocycles. The molecule has 0 atom stereocenters. The molecule has 0 aliphatic heterocycles. The van der Waals surface area contributed by atoms with E-state index < -0.39 is 0 Å². The van der Waals surface area contributed by atoms with Gasteiger partial charge in [-0.2, -0.15) is 5.10 Å². The highest BCUT2D eigenvalue weighted by Crippen LogP contribution is 2.37. The Labute approximate surface area is 137 Å². The fraction of sp³-hybridized carbons (Fsp3) is 0.0588. The van der Waals surface area contributed by atoms with Crippen molar-refractivity contribution in [2.24, 2.45) is 0 Å². The normalized spacial score (nSPS) is 10.9. The second-order valence-corrected chi connectivity index (χ2v) is 5.23. The third-order valence-electron chi connectivity index (χ3n) is 3.82. The molecular weight excluding hydrogens is 304 g/mol. The fourth-order valence-corrected chi connectivity index (χ4v) is 2.70. The second kappa shape index (κ2) is 5.62. The fourth-order valence-electron chi connectivity index (χ4n) is 2.70. The Balaban J connectivity index is 2.07. The molecule has 4 aromatic rings. The number of aromatic nitrogens is 5. The van der Waals surface area contributed by atoms with Gasteiger partial charge in [0.2, 0.25) is 5.65 Å². The van der Waals surface area contributed by atoms with E-state index in [1.807, 2.05) is 36.4 Å². The Morgan fingerprint density at radius 3 is 2.67 bits per heavy atom. The van der Waals surface area contributed by atoms with Gasteiger partial charge in [0, 0.05) is 23.5 Å². The summed E-state index contributed by atoms with van der Waals surface area (Å²) in [6, 6.07) is 11.5. The zero-order valence-corrected chi connectivity index (χ0v) is 12.9. The number of aromatic amines is 1. The summed E-state index contributed by atoms with van der Waals surface area (Å²) >= 11 is 0. The maximum Gasteiger partial charge on any atom is 0.205 e. The summed E-state index contributed by atoms with van der Waals surface area (Å²) in [6.07, 6.45) is 3.46. The van der Waals surface area contributed by atoms with E-state index in [1.165, 1.54) is 0 Å². The van der Waals surface area contributed by atoms with E-state index in [0.717, 1.165) is 27.8 Å². The highest BCUT2D eigenvalue weighted by molar-refractivity contribution is 6.04. The lowest BCUT2D eigenvalue weighted by Gasteiger charge is -2.11. The van der Waals surface area contributed by atoms with Crippen LogP contribution in [0, 0.1) is 0 Å². The van der Waals surface area contributed by atoms with Crippen molar-refractivity contribution in [2.45, 2.75) is 0 Å². The molecule has 3 N–H and O–H groups in total. The number of hydrogen-bond donors (Lipinski definition) is 2. The molecule has 24 heavy (non-hydrogen) atoms. The molecule has 0 spiro atoms. The molecular formula is C17H14N6O. The minimum absolute atomic E-state index is 0.454. The molecule has 3 heterocycles. The number of ether oxygens (including phenoxy) is 1. The quantitative estimate of drug-likeness (QED) is 0.602. The van der Waals surface area contributed by atoms with Gasteiger partial charge in [0.1, 0.15) is 17.3 Å². The van der Waals surface area contributed by atoms with E-state index in [4.69, 9.17) is 10.5 Å². The van der Waals surface area contributed by atoms with E-state index in [2.05, 4.69) is 25.4 Å². The number of nitrogen functional groups attached to an aromatic ring is 1. The molecule has 7 heteroatoms. The van der Waals surface area contributed by atoms with Crippen LogP contribution in [0.3, 0.4) is 0 Å². The van der Waals surface area contributed by atoms with E-state index in [0.29, 0.717) is 17.2 Å². The van der Waals surface area contributed by atoms with Crippen molar-refractivity contribution < 1.29 is 4.74 Å². The molecule has 118 valence electrons. The van der Waals surface area contributed by atoms with Gasteiger partial charge in [0.15, 0.2) is 0 Å². The predicted octanol–water partition coefficient (Wildman–Crippen LogP) is 2.67. The van der Waals surface area contributed by atoms with Gasteiger partial charge < -0.3 is 10.5 Å². The van der Waals surface area contributed by atoms with Gasteiger partial charge in [-0.25, -0.2) is 0 Å². The topological polar surface area (TPSA) is 103 Å². The smallest absolute Gasteiger partial charge is 0.205 e.